The third-order valence-electron chi connectivity index (χ3n) is 4.35. The molecule has 1 atom stereocenters. The molecule has 2 aromatic rings. The Labute approximate surface area is 163 Å². The molecule has 28 heavy (non-hydrogen) atoms. The van der Waals surface area contributed by atoms with Crippen molar-refractivity contribution >= 4 is 24.9 Å². The fourth-order valence-corrected chi connectivity index (χ4v) is 3.52. The molecule has 0 bridgehead atoms. The number of benzene rings is 1. The molecule has 0 saturated carbocycles. The summed E-state index contributed by atoms with van der Waals surface area (Å²) in [5.74, 6) is -2.77. The second-order valence-electron chi connectivity index (χ2n) is 7.91. The predicted octanol–water partition coefficient (Wildman–Crippen LogP) is 4.95. The lowest BCUT2D eigenvalue weighted by molar-refractivity contribution is -0.166. The van der Waals surface area contributed by atoms with E-state index in [0.29, 0.717) is 17.5 Å². The van der Waals surface area contributed by atoms with E-state index in [-0.39, 0.29) is 18.9 Å². The van der Waals surface area contributed by atoms with Gasteiger partial charge in [0.25, 0.3) is 0 Å². The van der Waals surface area contributed by atoms with Gasteiger partial charge in [-0.15, -0.1) is 0 Å². The molecule has 9 heteroatoms. The second-order valence-corrected chi connectivity index (χ2v) is 13.5. The van der Waals surface area contributed by atoms with Gasteiger partial charge in [0.2, 0.25) is 0 Å². The van der Waals surface area contributed by atoms with Crippen LogP contribution in [-0.2, 0) is 21.0 Å². The van der Waals surface area contributed by atoms with E-state index in [4.69, 9.17) is 9.47 Å². The predicted molar refractivity (Wildman–Crippen MR) is 104 cm³/mol. The summed E-state index contributed by atoms with van der Waals surface area (Å²) in [6.45, 7) is 9.26. The first-order valence-electron chi connectivity index (χ1n) is 9.27. The minimum absolute atomic E-state index is 0.0206. The van der Waals surface area contributed by atoms with E-state index in [1.165, 1.54) is 18.3 Å². The lowest BCUT2D eigenvalue weighted by Gasteiger charge is -2.20. The molecule has 0 amide bonds. The fourth-order valence-electron chi connectivity index (χ4n) is 2.76. The van der Waals surface area contributed by atoms with E-state index < -0.39 is 32.6 Å². The molecule has 1 aromatic heterocycles. The maximum Gasteiger partial charge on any atom is 0.396 e. The van der Waals surface area contributed by atoms with Crippen LogP contribution in [0.15, 0.2) is 24.4 Å². The van der Waals surface area contributed by atoms with Gasteiger partial charge in [-0.05, 0) is 30.7 Å². The third-order valence-corrected chi connectivity index (χ3v) is 6.05. The number of halogens is 3. The highest BCUT2D eigenvalue weighted by atomic mass is 28.3. The molecule has 0 aliphatic carbocycles. The van der Waals surface area contributed by atoms with Gasteiger partial charge in [-0.3, -0.25) is 4.79 Å². The van der Waals surface area contributed by atoms with Gasteiger partial charge in [-0.1, -0.05) is 25.7 Å². The summed E-state index contributed by atoms with van der Waals surface area (Å²) >= 11 is 0. The van der Waals surface area contributed by atoms with Crippen molar-refractivity contribution in [2.75, 3.05) is 13.2 Å². The number of carbonyl (C=O) groups excluding carboxylic acids is 1. The quantitative estimate of drug-likeness (QED) is 0.330. The largest absolute Gasteiger partial charge is 0.466 e. The van der Waals surface area contributed by atoms with Crippen LogP contribution in [0.2, 0.25) is 25.7 Å². The highest BCUT2D eigenvalue weighted by molar-refractivity contribution is 6.76. The molecule has 1 unspecified atom stereocenters. The summed E-state index contributed by atoms with van der Waals surface area (Å²) in [4.78, 5) is 11.6. The highest BCUT2D eigenvalue weighted by Crippen LogP contribution is 2.38. The van der Waals surface area contributed by atoms with E-state index in [2.05, 4.69) is 24.7 Å². The Bertz CT molecular complexity index is 800. The average Bonchev–Trinajstić information content (AvgIpc) is 2.97. The maximum atomic E-state index is 13.5. The van der Waals surface area contributed by atoms with Crippen LogP contribution < -0.4 is 0 Å². The number of aromatic nitrogens is 2. The van der Waals surface area contributed by atoms with Gasteiger partial charge in [0.05, 0.1) is 30.7 Å². The molecule has 0 N–H and O–H groups in total. The van der Waals surface area contributed by atoms with Gasteiger partial charge in [-0.25, -0.2) is 4.68 Å². The lowest BCUT2D eigenvalue weighted by atomic mass is 9.94. The van der Waals surface area contributed by atoms with Crippen molar-refractivity contribution in [1.29, 1.82) is 0 Å². The minimum Gasteiger partial charge on any atom is -0.466 e. The molecular weight excluding hydrogens is 389 g/mol. The van der Waals surface area contributed by atoms with E-state index in [1.54, 1.807) is 17.7 Å². The van der Waals surface area contributed by atoms with E-state index in [1.807, 2.05) is 0 Å². The van der Waals surface area contributed by atoms with Crippen molar-refractivity contribution < 1.29 is 27.4 Å². The molecule has 0 spiro atoms. The number of esters is 1. The van der Waals surface area contributed by atoms with Crippen molar-refractivity contribution in [3.05, 3.63) is 30.0 Å². The Balaban J connectivity index is 2.15. The van der Waals surface area contributed by atoms with Crippen LogP contribution in [0.3, 0.4) is 0 Å². The number of hydrogen-bond acceptors (Lipinski definition) is 4. The van der Waals surface area contributed by atoms with Crippen LogP contribution in [0, 0.1) is 0 Å². The van der Waals surface area contributed by atoms with Gasteiger partial charge >= 0.3 is 12.1 Å². The normalized spacial score (nSPS) is 13.7. The Morgan fingerprint density at radius 3 is 2.61 bits per heavy atom. The lowest BCUT2D eigenvalue weighted by Crippen LogP contribution is -2.24. The van der Waals surface area contributed by atoms with Crippen molar-refractivity contribution in [3.63, 3.8) is 0 Å². The van der Waals surface area contributed by atoms with Gasteiger partial charge in [-0.2, -0.15) is 18.3 Å². The summed E-state index contributed by atoms with van der Waals surface area (Å²) in [6.07, 6.45) is -3.77. The first-order valence-corrected chi connectivity index (χ1v) is 13.0. The summed E-state index contributed by atoms with van der Waals surface area (Å²) in [7, 11) is -1.19. The monoisotopic (exact) mass is 416 g/mol. The van der Waals surface area contributed by atoms with Crippen LogP contribution in [0.25, 0.3) is 10.9 Å². The number of rotatable bonds is 9. The molecular formula is C19H27F3N2O3Si. The van der Waals surface area contributed by atoms with Crippen LogP contribution in [-0.4, -0.2) is 43.2 Å². The molecule has 0 aliphatic heterocycles. The summed E-state index contributed by atoms with van der Waals surface area (Å²) in [5.41, 5.74) is 0.709. The van der Waals surface area contributed by atoms with Gasteiger partial charge in [0.1, 0.15) is 6.73 Å². The number of nitrogens with zero attached hydrogens (tertiary/aromatic N) is 2. The van der Waals surface area contributed by atoms with Gasteiger partial charge < -0.3 is 9.47 Å². The van der Waals surface area contributed by atoms with Crippen molar-refractivity contribution in [2.24, 2.45) is 0 Å². The maximum absolute atomic E-state index is 13.5. The summed E-state index contributed by atoms with van der Waals surface area (Å²) in [5, 5.41) is 4.79. The minimum atomic E-state index is -4.55. The molecule has 0 fully saturated rings. The Hall–Kier alpha value is -1.87. The van der Waals surface area contributed by atoms with Crippen molar-refractivity contribution in [2.45, 2.75) is 57.9 Å². The molecule has 1 aromatic carbocycles. The van der Waals surface area contributed by atoms with E-state index in [0.717, 1.165) is 6.04 Å². The highest BCUT2D eigenvalue weighted by Gasteiger charge is 2.42. The van der Waals surface area contributed by atoms with Crippen LogP contribution in [0.5, 0.6) is 0 Å². The second kappa shape index (κ2) is 9.08. The molecule has 5 nitrogen and oxygen atoms in total. The van der Waals surface area contributed by atoms with Gasteiger partial charge in [0.15, 0.2) is 0 Å². The Morgan fingerprint density at radius 2 is 2.00 bits per heavy atom. The van der Waals surface area contributed by atoms with E-state index in [9.17, 15) is 18.0 Å². The Morgan fingerprint density at radius 1 is 1.29 bits per heavy atom. The van der Waals surface area contributed by atoms with E-state index >= 15 is 0 Å². The smallest absolute Gasteiger partial charge is 0.396 e. The van der Waals surface area contributed by atoms with Crippen molar-refractivity contribution in [3.8, 4) is 0 Å². The molecule has 2 rings (SSSR count). The zero-order valence-electron chi connectivity index (χ0n) is 16.7. The molecule has 156 valence electrons. The zero-order valence-corrected chi connectivity index (χ0v) is 17.7. The fraction of sp³-hybridized carbons (Fsp3) is 0.579. The van der Waals surface area contributed by atoms with Crippen molar-refractivity contribution in [1.82, 2.24) is 9.78 Å². The zero-order chi connectivity index (χ0) is 20.9. The number of carbonyl (C=O) groups is 1. The third kappa shape index (κ3) is 6.34. The van der Waals surface area contributed by atoms with Crippen LogP contribution in [0.1, 0.15) is 24.8 Å². The average molecular weight is 417 g/mol. The molecule has 0 aliphatic rings. The number of hydrogen-bond donors (Lipinski definition) is 0. The topological polar surface area (TPSA) is 53.3 Å². The number of ether oxygens (including phenoxy) is 2. The van der Waals surface area contributed by atoms with Crippen LogP contribution in [0.4, 0.5) is 13.2 Å². The SMILES string of the molecule is CCOC(=O)CC(c1ccc2c(cnn2COCC[Si](C)(C)C)c1)C(F)(F)F. The number of fused-ring (bicyclic) bond motifs is 1. The van der Waals surface area contributed by atoms with Crippen LogP contribution >= 0.6 is 0 Å². The standard InChI is InChI=1S/C19H27F3N2O3Si/c1-5-27-18(25)11-16(19(20,21)22)14-6-7-17-15(10-14)12-23-24(17)13-26-8-9-28(2,3)4/h6-7,10,12,16H,5,8-9,11,13H2,1-4H3. The molecule has 0 radical (unpaired) electrons. The first kappa shape index (κ1) is 22.4. The Kier molecular flexibility index (Phi) is 7.27. The number of alkyl halides is 3. The summed E-state index contributed by atoms with van der Waals surface area (Å²) < 4.78 is 52.4. The molecule has 1 heterocycles. The molecule has 0 saturated heterocycles. The summed E-state index contributed by atoms with van der Waals surface area (Å²) in [6, 6.07) is 5.43. The first-order chi connectivity index (χ1) is 13.0. The van der Waals surface area contributed by atoms with Gasteiger partial charge in [0, 0.05) is 20.1 Å².